The van der Waals surface area contributed by atoms with Gasteiger partial charge in [0.15, 0.2) is 0 Å². The fourth-order valence-electron chi connectivity index (χ4n) is 3.34. The van der Waals surface area contributed by atoms with Crippen LogP contribution in [0.25, 0.3) is 0 Å². The molecule has 116 valence electrons. The first-order valence-corrected chi connectivity index (χ1v) is 7.71. The molecule has 0 radical (unpaired) electrons. The van der Waals surface area contributed by atoms with Crippen molar-refractivity contribution in [2.24, 2.45) is 0 Å². The highest BCUT2D eigenvalue weighted by atomic mass is 16.5. The molecular formula is C17H20N2O3. The number of fused-ring (bicyclic) bond motifs is 1. The number of amides is 1. The number of nitriles is 1. The lowest BCUT2D eigenvalue weighted by atomic mass is 9.82. The van der Waals surface area contributed by atoms with Gasteiger partial charge in [-0.3, -0.25) is 4.79 Å². The zero-order chi connectivity index (χ0) is 15.9. The molecule has 2 aliphatic heterocycles. The van der Waals surface area contributed by atoms with Crippen molar-refractivity contribution in [3.05, 3.63) is 29.3 Å². The molecule has 3 atom stereocenters. The molecule has 3 rings (SSSR count). The summed E-state index contributed by atoms with van der Waals surface area (Å²) in [7, 11) is 0. The van der Waals surface area contributed by atoms with Crippen molar-refractivity contribution in [1.29, 1.82) is 5.26 Å². The van der Waals surface area contributed by atoms with Gasteiger partial charge in [0, 0.05) is 18.5 Å². The number of rotatable bonds is 2. The Morgan fingerprint density at radius 1 is 1.55 bits per heavy atom. The average Bonchev–Trinajstić information content (AvgIpc) is 2.94. The molecule has 0 saturated carbocycles. The molecule has 1 N–H and O–H groups in total. The Balaban J connectivity index is 2.13. The molecule has 2 aliphatic rings. The zero-order valence-corrected chi connectivity index (χ0v) is 12.9. The first-order chi connectivity index (χ1) is 10.5. The van der Waals surface area contributed by atoms with E-state index in [1.54, 1.807) is 23.1 Å². The largest absolute Gasteiger partial charge is 0.484 e. The van der Waals surface area contributed by atoms with E-state index in [2.05, 4.69) is 6.07 Å². The van der Waals surface area contributed by atoms with Crippen LogP contribution in [0.3, 0.4) is 0 Å². The first kappa shape index (κ1) is 14.9. The van der Waals surface area contributed by atoms with Gasteiger partial charge in [0.1, 0.15) is 17.5 Å². The molecule has 0 bridgehead atoms. The topological polar surface area (TPSA) is 73.6 Å². The van der Waals surface area contributed by atoms with E-state index >= 15 is 0 Å². The van der Waals surface area contributed by atoms with Crippen molar-refractivity contribution in [3.63, 3.8) is 0 Å². The van der Waals surface area contributed by atoms with Gasteiger partial charge in [0.2, 0.25) is 5.91 Å². The third-order valence-corrected chi connectivity index (χ3v) is 4.87. The predicted octanol–water partition coefficient (Wildman–Crippen LogP) is 2.14. The van der Waals surface area contributed by atoms with E-state index in [9.17, 15) is 9.90 Å². The van der Waals surface area contributed by atoms with Gasteiger partial charge in [-0.2, -0.15) is 5.26 Å². The van der Waals surface area contributed by atoms with Crippen LogP contribution in [-0.4, -0.2) is 34.2 Å². The van der Waals surface area contributed by atoms with Crippen molar-refractivity contribution in [2.45, 2.75) is 50.9 Å². The van der Waals surface area contributed by atoms with E-state index in [0.717, 1.165) is 12.0 Å². The van der Waals surface area contributed by atoms with Gasteiger partial charge >= 0.3 is 0 Å². The van der Waals surface area contributed by atoms with Gasteiger partial charge in [-0.1, -0.05) is 6.92 Å². The Morgan fingerprint density at radius 3 is 2.91 bits per heavy atom. The number of aliphatic hydroxyl groups excluding tert-OH is 1. The maximum absolute atomic E-state index is 12.2. The number of hydrogen-bond donors (Lipinski definition) is 1. The Hall–Kier alpha value is -2.06. The Morgan fingerprint density at radius 2 is 2.32 bits per heavy atom. The summed E-state index contributed by atoms with van der Waals surface area (Å²) in [6.45, 7) is 4.46. The SMILES string of the molecule is CCC1(C)Oc2ccc(C#N)cc2[C@@H](N2CCCC2=O)[C@@H]1O. The molecule has 0 aliphatic carbocycles. The minimum Gasteiger partial charge on any atom is -0.484 e. The van der Waals surface area contributed by atoms with Crippen LogP contribution >= 0.6 is 0 Å². The molecule has 2 heterocycles. The number of nitrogens with zero attached hydrogens (tertiary/aromatic N) is 2. The summed E-state index contributed by atoms with van der Waals surface area (Å²) in [5, 5.41) is 20.0. The molecule has 1 aromatic rings. The lowest BCUT2D eigenvalue weighted by molar-refractivity contribution is -0.141. The van der Waals surface area contributed by atoms with Gasteiger partial charge in [0.05, 0.1) is 17.7 Å². The molecule has 1 saturated heterocycles. The fraction of sp³-hybridized carbons (Fsp3) is 0.529. The standard InChI is InChI=1S/C17H20N2O3/c1-3-17(2)16(21)15(19-8-4-5-14(19)20)12-9-11(10-18)6-7-13(12)22-17/h6-7,9,15-16,21H,3-5,8H2,1-2H3/t15-,16+,17?/m1/s1. The monoisotopic (exact) mass is 300 g/mol. The summed E-state index contributed by atoms with van der Waals surface area (Å²) < 4.78 is 6.01. The van der Waals surface area contributed by atoms with Gasteiger partial charge in [0.25, 0.3) is 0 Å². The molecule has 1 fully saturated rings. The lowest BCUT2D eigenvalue weighted by Crippen LogP contribution is -2.55. The molecule has 0 aromatic heterocycles. The van der Waals surface area contributed by atoms with Crippen LogP contribution in [0, 0.1) is 11.3 Å². The van der Waals surface area contributed by atoms with Crippen LogP contribution in [0.2, 0.25) is 0 Å². The summed E-state index contributed by atoms with van der Waals surface area (Å²) in [6, 6.07) is 6.86. The molecule has 1 amide bonds. The maximum Gasteiger partial charge on any atom is 0.223 e. The summed E-state index contributed by atoms with van der Waals surface area (Å²) in [5.41, 5.74) is 0.494. The number of carbonyl (C=O) groups is 1. The van der Waals surface area contributed by atoms with Gasteiger partial charge in [-0.15, -0.1) is 0 Å². The van der Waals surface area contributed by atoms with E-state index in [-0.39, 0.29) is 5.91 Å². The Kier molecular flexibility index (Phi) is 3.57. The van der Waals surface area contributed by atoms with Gasteiger partial charge in [-0.25, -0.2) is 0 Å². The number of ether oxygens (including phenoxy) is 1. The normalized spacial score (nSPS) is 30.6. The van der Waals surface area contributed by atoms with Crippen LogP contribution in [0.4, 0.5) is 0 Å². The van der Waals surface area contributed by atoms with Crippen molar-refractivity contribution in [3.8, 4) is 11.8 Å². The van der Waals surface area contributed by atoms with Crippen LogP contribution in [0.15, 0.2) is 18.2 Å². The molecular weight excluding hydrogens is 280 g/mol. The van der Waals surface area contributed by atoms with E-state index in [4.69, 9.17) is 10.00 Å². The fourth-order valence-corrected chi connectivity index (χ4v) is 3.34. The third-order valence-electron chi connectivity index (χ3n) is 4.87. The number of carbonyl (C=O) groups excluding carboxylic acids is 1. The highest BCUT2D eigenvalue weighted by molar-refractivity contribution is 5.79. The Bertz CT molecular complexity index is 652. The minimum atomic E-state index is -0.819. The summed E-state index contributed by atoms with van der Waals surface area (Å²) in [5.74, 6) is 0.705. The second kappa shape index (κ2) is 5.29. The van der Waals surface area contributed by atoms with Crippen molar-refractivity contribution in [1.82, 2.24) is 4.90 Å². The van der Waals surface area contributed by atoms with Crippen molar-refractivity contribution < 1.29 is 14.6 Å². The Labute approximate surface area is 130 Å². The number of benzene rings is 1. The average molecular weight is 300 g/mol. The highest BCUT2D eigenvalue weighted by Crippen LogP contribution is 2.45. The van der Waals surface area contributed by atoms with Gasteiger partial charge in [-0.05, 0) is 38.0 Å². The zero-order valence-electron chi connectivity index (χ0n) is 12.9. The highest BCUT2D eigenvalue weighted by Gasteiger charge is 2.49. The number of likely N-dealkylation sites (tertiary alicyclic amines) is 1. The first-order valence-electron chi connectivity index (χ1n) is 7.71. The van der Waals surface area contributed by atoms with Crippen molar-refractivity contribution >= 4 is 5.91 Å². The summed E-state index contributed by atoms with van der Waals surface area (Å²) >= 11 is 0. The molecule has 5 nitrogen and oxygen atoms in total. The second-order valence-corrected chi connectivity index (χ2v) is 6.21. The van der Waals surface area contributed by atoms with E-state index in [1.807, 2.05) is 13.8 Å². The number of aliphatic hydroxyl groups is 1. The molecule has 5 heteroatoms. The molecule has 22 heavy (non-hydrogen) atoms. The van der Waals surface area contributed by atoms with E-state index < -0.39 is 17.7 Å². The molecule has 1 aromatic carbocycles. The van der Waals surface area contributed by atoms with Crippen molar-refractivity contribution in [2.75, 3.05) is 6.54 Å². The van der Waals surface area contributed by atoms with E-state index in [1.165, 1.54) is 0 Å². The third kappa shape index (κ3) is 2.15. The molecule has 1 unspecified atom stereocenters. The smallest absolute Gasteiger partial charge is 0.223 e. The summed E-state index contributed by atoms with van der Waals surface area (Å²) in [6.07, 6.45) is 1.13. The van der Waals surface area contributed by atoms with Gasteiger partial charge < -0.3 is 14.7 Å². The predicted molar refractivity (Wildman–Crippen MR) is 80.2 cm³/mol. The molecule has 0 spiro atoms. The van der Waals surface area contributed by atoms with Crippen LogP contribution in [-0.2, 0) is 4.79 Å². The minimum absolute atomic E-state index is 0.0534. The summed E-state index contributed by atoms with van der Waals surface area (Å²) in [4.78, 5) is 13.9. The van der Waals surface area contributed by atoms with Crippen LogP contribution < -0.4 is 4.74 Å². The maximum atomic E-state index is 12.2. The quantitative estimate of drug-likeness (QED) is 0.908. The second-order valence-electron chi connectivity index (χ2n) is 6.21. The van der Waals surface area contributed by atoms with Crippen LogP contribution in [0.1, 0.15) is 50.3 Å². The number of hydrogen-bond acceptors (Lipinski definition) is 4. The van der Waals surface area contributed by atoms with E-state index in [0.29, 0.717) is 30.7 Å². The van der Waals surface area contributed by atoms with Crippen LogP contribution in [0.5, 0.6) is 5.75 Å². The lowest BCUT2D eigenvalue weighted by Gasteiger charge is -2.46.